The predicted molar refractivity (Wildman–Crippen MR) is 112 cm³/mol. The lowest BCUT2D eigenvalue weighted by Gasteiger charge is -2.32. The van der Waals surface area contributed by atoms with Crippen molar-refractivity contribution in [3.05, 3.63) is 59.2 Å². The molecule has 0 amide bonds. The number of fused-ring (bicyclic) bond motifs is 1. The molecule has 0 spiro atoms. The topological polar surface area (TPSA) is 91.0 Å². The lowest BCUT2D eigenvalue weighted by molar-refractivity contribution is -0.120. The van der Waals surface area contributed by atoms with E-state index in [0.29, 0.717) is 18.5 Å². The van der Waals surface area contributed by atoms with Gasteiger partial charge in [-0.15, -0.1) is 0 Å². The first-order chi connectivity index (χ1) is 13.1. The minimum atomic E-state index is -1.01. The van der Waals surface area contributed by atoms with E-state index in [-0.39, 0.29) is 11.6 Å². The van der Waals surface area contributed by atoms with E-state index < -0.39 is 5.41 Å². The summed E-state index contributed by atoms with van der Waals surface area (Å²) < 4.78 is 0. The number of benzene rings is 1. The zero-order chi connectivity index (χ0) is 19.3. The van der Waals surface area contributed by atoms with Gasteiger partial charge in [0.2, 0.25) is 0 Å². The van der Waals surface area contributed by atoms with Crippen molar-refractivity contribution in [1.29, 1.82) is 5.41 Å². The smallest absolute Gasteiger partial charge is 0.180 e. The number of unbranched alkanes of at least 4 members (excludes halogenated alkanes) is 2. The van der Waals surface area contributed by atoms with Gasteiger partial charge in [0, 0.05) is 17.8 Å². The van der Waals surface area contributed by atoms with Gasteiger partial charge in [0.25, 0.3) is 0 Å². The molecule has 5 nitrogen and oxygen atoms in total. The molecule has 1 unspecified atom stereocenters. The summed E-state index contributed by atoms with van der Waals surface area (Å²) in [6.45, 7) is 1.55. The molecule has 1 atom stereocenters. The lowest BCUT2D eigenvalue weighted by Crippen LogP contribution is -2.44. The summed E-state index contributed by atoms with van der Waals surface area (Å²) in [6, 6.07) is 8.05. The molecule has 1 aromatic carbocycles. The maximum Gasteiger partial charge on any atom is 0.180 e. The van der Waals surface area contributed by atoms with Gasteiger partial charge in [-0.2, -0.15) is 0 Å². The van der Waals surface area contributed by atoms with E-state index in [9.17, 15) is 4.79 Å². The van der Waals surface area contributed by atoms with E-state index in [1.807, 2.05) is 49.5 Å². The van der Waals surface area contributed by atoms with Crippen LogP contribution in [-0.2, 0) is 4.79 Å². The van der Waals surface area contributed by atoms with Gasteiger partial charge >= 0.3 is 0 Å². The van der Waals surface area contributed by atoms with Gasteiger partial charge in [0.05, 0.1) is 0 Å². The first-order valence-electron chi connectivity index (χ1n) is 9.56. The molecule has 142 valence electrons. The normalized spacial score (nSPS) is 21.1. The molecule has 27 heavy (non-hydrogen) atoms. The molecular formula is C22H28N4O. The van der Waals surface area contributed by atoms with Crippen LogP contribution in [-0.4, -0.2) is 31.8 Å². The number of allylic oxidation sites excluding steroid dienone is 2. The van der Waals surface area contributed by atoms with Crippen molar-refractivity contribution in [3.8, 4) is 0 Å². The molecule has 1 heterocycles. The van der Waals surface area contributed by atoms with Gasteiger partial charge in [-0.25, -0.2) is 0 Å². The summed E-state index contributed by atoms with van der Waals surface area (Å²) in [5, 5.41) is 14.6. The third-order valence-corrected chi connectivity index (χ3v) is 5.38. The Balaban J connectivity index is 1.82. The van der Waals surface area contributed by atoms with E-state index in [0.717, 1.165) is 42.6 Å². The molecule has 3 rings (SSSR count). The number of amidine groups is 1. The van der Waals surface area contributed by atoms with Crippen LogP contribution in [0.15, 0.2) is 53.6 Å². The van der Waals surface area contributed by atoms with Gasteiger partial charge in [0.15, 0.2) is 5.78 Å². The molecule has 5 heteroatoms. The van der Waals surface area contributed by atoms with Crippen LogP contribution in [0.1, 0.15) is 31.2 Å². The first kappa shape index (κ1) is 19.1. The molecule has 2 aliphatic rings. The minimum absolute atomic E-state index is 0.0569. The number of nitrogens with two attached hydrogens (primary N) is 1. The van der Waals surface area contributed by atoms with Crippen LogP contribution in [0.2, 0.25) is 0 Å². The Kier molecular flexibility index (Phi) is 5.91. The number of hydrogen-bond acceptors (Lipinski definition) is 4. The van der Waals surface area contributed by atoms with Crippen molar-refractivity contribution < 1.29 is 4.79 Å². The fourth-order valence-electron chi connectivity index (χ4n) is 3.77. The second-order valence-corrected chi connectivity index (χ2v) is 7.18. The highest BCUT2D eigenvalue weighted by Crippen LogP contribution is 2.38. The zero-order valence-electron chi connectivity index (χ0n) is 15.8. The van der Waals surface area contributed by atoms with Crippen LogP contribution in [0.5, 0.6) is 0 Å². The van der Waals surface area contributed by atoms with Crippen molar-refractivity contribution >= 4 is 23.4 Å². The molecule has 0 bridgehead atoms. The van der Waals surface area contributed by atoms with Crippen LogP contribution >= 0.6 is 0 Å². The Morgan fingerprint density at radius 3 is 2.89 bits per heavy atom. The van der Waals surface area contributed by atoms with Gasteiger partial charge in [-0.1, -0.05) is 49.3 Å². The number of carbonyl (C=O) groups excluding carboxylic acids is 1. The summed E-state index contributed by atoms with van der Waals surface area (Å²) in [5.74, 6) is -0.119. The number of rotatable bonds is 8. The number of hydrogen-bond donors (Lipinski definition) is 4. The fourth-order valence-corrected chi connectivity index (χ4v) is 3.77. The number of Topliss-reactive ketones (excluding diaryl/α,β-unsaturated/α-hetero) is 1. The molecule has 1 aromatic rings. The van der Waals surface area contributed by atoms with Crippen LogP contribution < -0.4 is 16.4 Å². The average molecular weight is 364 g/mol. The van der Waals surface area contributed by atoms with E-state index in [4.69, 9.17) is 11.1 Å². The van der Waals surface area contributed by atoms with E-state index in [1.54, 1.807) is 0 Å². The fraction of sp³-hybridized carbons (Fsp3) is 0.364. The SMILES string of the molecule is CNCCCCCC1(C(=N)N)C=CC=C(C2=Cc3ccccc3NC2)C1=O. The quantitative estimate of drug-likeness (QED) is 0.324. The number of anilines is 1. The number of carbonyl (C=O) groups is 1. The van der Waals surface area contributed by atoms with E-state index in [2.05, 4.69) is 16.7 Å². The van der Waals surface area contributed by atoms with Gasteiger partial charge in [0.1, 0.15) is 11.3 Å². The molecule has 5 N–H and O–H groups in total. The third-order valence-electron chi connectivity index (χ3n) is 5.38. The zero-order valence-corrected chi connectivity index (χ0v) is 15.8. The Morgan fingerprint density at radius 1 is 1.30 bits per heavy atom. The first-order valence-corrected chi connectivity index (χ1v) is 9.56. The number of para-hydroxylation sites is 1. The van der Waals surface area contributed by atoms with Crippen LogP contribution in [0.25, 0.3) is 6.08 Å². The van der Waals surface area contributed by atoms with Crippen LogP contribution in [0, 0.1) is 10.8 Å². The van der Waals surface area contributed by atoms with E-state index in [1.165, 1.54) is 0 Å². The highest BCUT2D eigenvalue weighted by molar-refractivity contribution is 6.19. The maximum atomic E-state index is 13.4. The second-order valence-electron chi connectivity index (χ2n) is 7.18. The Morgan fingerprint density at radius 2 is 2.11 bits per heavy atom. The Bertz CT molecular complexity index is 821. The van der Waals surface area contributed by atoms with Gasteiger partial charge < -0.3 is 16.4 Å². The monoisotopic (exact) mass is 364 g/mol. The highest BCUT2D eigenvalue weighted by Gasteiger charge is 2.42. The Hall–Kier alpha value is -2.66. The van der Waals surface area contributed by atoms with Crippen molar-refractivity contribution in [3.63, 3.8) is 0 Å². The second kappa shape index (κ2) is 8.35. The van der Waals surface area contributed by atoms with Crippen LogP contribution in [0.3, 0.4) is 0 Å². The van der Waals surface area contributed by atoms with Crippen molar-refractivity contribution in [2.75, 3.05) is 25.5 Å². The maximum absolute atomic E-state index is 13.4. The van der Waals surface area contributed by atoms with Crippen molar-refractivity contribution in [1.82, 2.24) is 5.32 Å². The molecule has 0 fully saturated rings. The summed E-state index contributed by atoms with van der Waals surface area (Å²) in [4.78, 5) is 13.4. The molecule has 0 saturated heterocycles. The summed E-state index contributed by atoms with van der Waals surface area (Å²) >= 11 is 0. The predicted octanol–water partition coefficient (Wildman–Crippen LogP) is 3.26. The number of ketones is 1. The molecule has 1 aliphatic carbocycles. The van der Waals surface area contributed by atoms with Crippen molar-refractivity contribution in [2.24, 2.45) is 11.1 Å². The van der Waals surface area contributed by atoms with Gasteiger partial charge in [-0.05, 0) is 49.7 Å². The average Bonchev–Trinajstić information content (AvgIpc) is 2.68. The Labute approximate surface area is 160 Å². The number of nitrogens with one attached hydrogen (secondary N) is 3. The molecule has 0 aromatic heterocycles. The van der Waals surface area contributed by atoms with Crippen molar-refractivity contribution in [2.45, 2.75) is 25.7 Å². The lowest BCUT2D eigenvalue weighted by atomic mass is 9.71. The minimum Gasteiger partial charge on any atom is -0.387 e. The molecule has 1 aliphatic heterocycles. The summed E-state index contributed by atoms with van der Waals surface area (Å²) in [7, 11) is 1.94. The van der Waals surface area contributed by atoms with Crippen LogP contribution in [0.4, 0.5) is 5.69 Å². The summed E-state index contributed by atoms with van der Waals surface area (Å²) in [6.07, 6.45) is 11.1. The molecule has 0 radical (unpaired) electrons. The largest absolute Gasteiger partial charge is 0.387 e. The van der Waals surface area contributed by atoms with Gasteiger partial charge in [-0.3, -0.25) is 10.2 Å². The molecular weight excluding hydrogens is 336 g/mol. The van der Waals surface area contributed by atoms with E-state index >= 15 is 0 Å². The highest BCUT2D eigenvalue weighted by atomic mass is 16.1. The standard InChI is InChI=1S/C22H28N4O/c1-25-13-6-2-5-11-22(21(23)24)12-7-9-18(20(22)27)17-14-16-8-3-4-10-19(16)26-15-17/h3-4,7-10,12,14,25-26H,2,5-6,11,13,15H2,1H3,(H3,23,24). The third kappa shape index (κ3) is 3.88. The molecule has 0 saturated carbocycles. The summed E-state index contributed by atoms with van der Waals surface area (Å²) in [5.41, 5.74) is 8.68.